The highest BCUT2D eigenvalue weighted by Gasteiger charge is 2.33. The zero-order chi connectivity index (χ0) is 13.8. The Hall–Kier alpha value is -1.16. The van der Waals surface area contributed by atoms with Crippen LogP contribution in [0.25, 0.3) is 0 Å². The number of nitrogens with zero attached hydrogens (tertiary/aromatic N) is 1. The van der Waals surface area contributed by atoms with Gasteiger partial charge in [0.05, 0.1) is 12.9 Å². The Labute approximate surface area is 119 Å². The van der Waals surface area contributed by atoms with E-state index in [0.717, 1.165) is 23.5 Å². The maximum Gasteiger partial charge on any atom is 0.233 e. The van der Waals surface area contributed by atoms with Gasteiger partial charge in [0.1, 0.15) is 5.75 Å². The molecule has 0 heterocycles. The van der Waals surface area contributed by atoms with Gasteiger partial charge in [0, 0.05) is 17.0 Å². The molecule has 0 radical (unpaired) electrons. The van der Waals surface area contributed by atoms with Crippen molar-refractivity contribution in [3.05, 3.63) is 24.3 Å². The molecule has 1 aliphatic carbocycles. The summed E-state index contributed by atoms with van der Waals surface area (Å²) in [6.07, 6.45) is 2.33. The molecule has 1 saturated carbocycles. The van der Waals surface area contributed by atoms with E-state index in [1.807, 2.05) is 29.2 Å². The first-order chi connectivity index (χ1) is 9.11. The molecule has 2 rings (SSSR count). The molecule has 104 valence electrons. The lowest BCUT2D eigenvalue weighted by Crippen LogP contribution is -2.39. The average Bonchev–Trinajstić information content (AvgIpc) is 3.21. The zero-order valence-electron chi connectivity index (χ0n) is 11.8. The SMILES string of the molecule is COc1ccc(SCC(=O)N(C(C)C)C2CC2)cc1. The van der Waals surface area contributed by atoms with Crippen molar-refractivity contribution < 1.29 is 9.53 Å². The summed E-state index contributed by atoms with van der Waals surface area (Å²) in [5.74, 6) is 1.61. The van der Waals surface area contributed by atoms with Gasteiger partial charge in [-0.1, -0.05) is 0 Å². The smallest absolute Gasteiger partial charge is 0.233 e. The largest absolute Gasteiger partial charge is 0.497 e. The first-order valence-electron chi connectivity index (χ1n) is 6.70. The third-order valence-electron chi connectivity index (χ3n) is 3.21. The van der Waals surface area contributed by atoms with Crippen LogP contribution in [-0.2, 0) is 4.79 Å². The Kier molecular flexibility index (Phi) is 4.75. The standard InChI is InChI=1S/C15H21NO2S/c1-11(2)16(12-4-5-12)15(17)10-19-14-8-6-13(18-3)7-9-14/h6-9,11-12H,4-5,10H2,1-3H3. The van der Waals surface area contributed by atoms with E-state index in [-0.39, 0.29) is 5.91 Å². The van der Waals surface area contributed by atoms with E-state index in [1.54, 1.807) is 18.9 Å². The predicted octanol–water partition coefficient (Wildman–Crippen LogP) is 3.19. The van der Waals surface area contributed by atoms with E-state index in [9.17, 15) is 4.79 Å². The minimum absolute atomic E-state index is 0.248. The molecule has 0 aliphatic heterocycles. The molecule has 0 N–H and O–H groups in total. The summed E-state index contributed by atoms with van der Waals surface area (Å²) in [5, 5.41) is 0. The quantitative estimate of drug-likeness (QED) is 0.749. The maximum atomic E-state index is 12.2. The molecule has 0 saturated heterocycles. The molecule has 3 nitrogen and oxygen atoms in total. The summed E-state index contributed by atoms with van der Waals surface area (Å²) in [5.41, 5.74) is 0. The van der Waals surface area contributed by atoms with E-state index < -0.39 is 0 Å². The van der Waals surface area contributed by atoms with Crippen LogP contribution in [-0.4, -0.2) is 35.8 Å². The molecule has 4 heteroatoms. The summed E-state index contributed by atoms with van der Waals surface area (Å²) < 4.78 is 5.12. The number of methoxy groups -OCH3 is 1. The fraction of sp³-hybridized carbons (Fsp3) is 0.533. The fourth-order valence-electron chi connectivity index (χ4n) is 2.16. The van der Waals surface area contributed by atoms with Crippen molar-refractivity contribution in [1.82, 2.24) is 4.90 Å². The maximum absolute atomic E-state index is 12.2. The van der Waals surface area contributed by atoms with Gasteiger partial charge in [-0.25, -0.2) is 0 Å². The minimum Gasteiger partial charge on any atom is -0.497 e. The van der Waals surface area contributed by atoms with Crippen LogP contribution < -0.4 is 4.74 Å². The highest BCUT2D eigenvalue weighted by Crippen LogP contribution is 2.30. The van der Waals surface area contributed by atoms with Crippen molar-refractivity contribution in [2.75, 3.05) is 12.9 Å². The van der Waals surface area contributed by atoms with Crippen LogP contribution in [0.3, 0.4) is 0 Å². The topological polar surface area (TPSA) is 29.5 Å². The van der Waals surface area contributed by atoms with E-state index >= 15 is 0 Å². The number of carbonyl (C=O) groups excluding carboxylic acids is 1. The van der Waals surface area contributed by atoms with Gasteiger partial charge < -0.3 is 9.64 Å². The number of benzene rings is 1. The van der Waals surface area contributed by atoms with Gasteiger partial charge in [-0.3, -0.25) is 4.79 Å². The first kappa shape index (κ1) is 14.3. The monoisotopic (exact) mass is 279 g/mol. The van der Waals surface area contributed by atoms with Gasteiger partial charge >= 0.3 is 0 Å². The van der Waals surface area contributed by atoms with Crippen LogP contribution in [0.15, 0.2) is 29.2 Å². The van der Waals surface area contributed by atoms with Crippen LogP contribution >= 0.6 is 11.8 Å². The summed E-state index contributed by atoms with van der Waals surface area (Å²) in [4.78, 5) is 15.4. The molecule has 0 aromatic heterocycles. The lowest BCUT2D eigenvalue weighted by molar-refractivity contribution is -0.130. The van der Waals surface area contributed by atoms with Gasteiger partial charge in [-0.2, -0.15) is 0 Å². The van der Waals surface area contributed by atoms with Crippen molar-refractivity contribution in [2.24, 2.45) is 0 Å². The number of hydrogen-bond acceptors (Lipinski definition) is 3. The third-order valence-corrected chi connectivity index (χ3v) is 4.20. The molecule has 1 amide bonds. The van der Waals surface area contributed by atoms with Crippen LogP contribution in [0.4, 0.5) is 0 Å². The molecule has 0 spiro atoms. The zero-order valence-corrected chi connectivity index (χ0v) is 12.6. The summed E-state index contributed by atoms with van der Waals surface area (Å²) in [7, 11) is 1.65. The van der Waals surface area contributed by atoms with Crippen molar-refractivity contribution in [3.63, 3.8) is 0 Å². The molecule has 1 aromatic rings. The van der Waals surface area contributed by atoms with Crippen molar-refractivity contribution in [1.29, 1.82) is 0 Å². The fourth-order valence-corrected chi connectivity index (χ4v) is 2.93. The summed E-state index contributed by atoms with van der Waals surface area (Å²) >= 11 is 1.59. The molecular weight excluding hydrogens is 258 g/mol. The second kappa shape index (κ2) is 6.33. The lowest BCUT2D eigenvalue weighted by Gasteiger charge is -2.26. The van der Waals surface area contributed by atoms with E-state index in [2.05, 4.69) is 13.8 Å². The molecule has 1 aliphatic rings. The van der Waals surface area contributed by atoms with Crippen LogP contribution in [0.5, 0.6) is 5.75 Å². The molecule has 1 fully saturated rings. The summed E-state index contributed by atoms with van der Waals surface area (Å²) in [6.45, 7) is 4.18. The highest BCUT2D eigenvalue weighted by molar-refractivity contribution is 8.00. The van der Waals surface area contributed by atoms with Crippen molar-refractivity contribution in [3.8, 4) is 5.75 Å². The molecule has 0 bridgehead atoms. The van der Waals surface area contributed by atoms with Gasteiger partial charge in [-0.05, 0) is 51.0 Å². The van der Waals surface area contributed by atoms with Crippen molar-refractivity contribution in [2.45, 2.75) is 43.7 Å². The normalized spacial score (nSPS) is 14.5. The number of thioether (sulfide) groups is 1. The molecular formula is C15H21NO2S. The number of carbonyl (C=O) groups is 1. The Morgan fingerprint density at radius 2 is 2.00 bits per heavy atom. The molecule has 0 atom stereocenters. The van der Waals surface area contributed by atoms with Crippen LogP contribution in [0, 0.1) is 0 Å². The van der Waals surface area contributed by atoms with Crippen molar-refractivity contribution >= 4 is 17.7 Å². The Balaban J connectivity index is 1.88. The van der Waals surface area contributed by atoms with Gasteiger partial charge in [0.15, 0.2) is 0 Å². The van der Waals surface area contributed by atoms with Gasteiger partial charge in [0.2, 0.25) is 5.91 Å². The van der Waals surface area contributed by atoms with Gasteiger partial charge in [-0.15, -0.1) is 11.8 Å². The first-order valence-corrected chi connectivity index (χ1v) is 7.68. The van der Waals surface area contributed by atoms with E-state index in [4.69, 9.17) is 4.74 Å². The van der Waals surface area contributed by atoms with Crippen LogP contribution in [0.1, 0.15) is 26.7 Å². The second-order valence-electron chi connectivity index (χ2n) is 5.09. The van der Waals surface area contributed by atoms with E-state index in [1.165, 1.54) is 0 Å². The number of ether oxygens (including phenoxy) is 1. The Morgan fingerprint density at radius 3 is 2.47 bits per heavy atom. The van der Waals surface area contributed by atoms with E-state index in [0.29, 0.717) is 17.8 Å². The van der Waals surface area contributed by atoms with Gasteiger partial charge in [0.25, 0.3) is 0 Å². The second-order valence-corrected chi connectivity index (χ2v) is 6.14. The number of hydrogen-bond donors (Lipinski definition) is 0. The van der Waals surface area contributed by atoms with Crippen LogP contribution in [0.2, 0.25) is 0 Å². The Morgan fingerprint density at radius 1 is 1.37 bits per heavy atom. The number of amides is 1. The predicted molar refractivity (Wildman–Crippen MR) is 78.7 cm³/mol. The highest BCUT2D eigenvalue weighted by atomic mass is 32.2. The minimum atomic E-state index is 0.248. The molecule has 1 aromatic carbocycles. The molecule has 19 heavy (non-hydrogen) atoms. The molecule has 0 unspecified atom stereocenters. The average molecular weight is 279 g/mol. The third kappa shape index (κ3) is 3.90. The lowest BCUT2D eigenvalue weighted by atomic mass is 10.3. The summed E-state index contributed by atoms with van der Waals surface area (Å²) in [6, 6.07) is 8.63. The number of rotatable bonds is 6. The Bertz CT molecular complexity index is 424.